The van der Waals surface area contributed by atoms with Gasteiger partial charge < -0.3 is 10.6 Å². The highest BCUT2D eigenvalue weighted by Gasteiger charge is 2.28. The van der Waals surface area contributed by atoms with Crippen molar-refractivity contribution in [2.45, 2.75) is 18.4 Å². The van der Waals surface area contributed by atoms with E-state index in [1.54, 1.807) is 37.3 Å². The number of hydrogen-bond donors (Lipinski definition) is 2. The van der Waals surface area contributed by atoms with Gasteiger partial charge in [-0.1, -0.05) is 18.2 Å². The highest BCUT2D eigenvalue weighted by Crippen LogP contribution is 2.19. The first-order valence-corrected chi connectivity index (χ1v) is 10.3. The SMILES string of the molecule is Cc1ccc(S(C)(=O)=O)cc1C(=O)Nc1cccc(CN2C(=O)CNC2=O)c1. The van der Waals surface area contributed by atoms with Crippen LogP contribution in [0.15, 0.2) is 47.4 Å². The van der Waals surface area contributed by atoms with E-state index in [-0.39, 0.29) is 29.5 Å². The minimum atomic E-state index is -3.43. The van der Waals surface area contributed by atoms with E-state index in [1.807, 2.05) is 0 Å². The summed E-state index contributed by atoms with van der Waals surface area (Å²) in [5.41, 5.74) is 2.03. The van der Waals surface area contributed by atoms with Gasteiger partial charge in [-0.25, -0.2) is 13.2 Å². The summed E-state index contributed by atoms with van der Waals surface area (Å²) >= 11 is 0. The summed E-state index contributed by atoms with van der Waals surface area (Å²) < 4.78 is 23.5. The molecule has 2 aromatic carbocycles. The summed E-state index contributed by atoms with van der Waals surface area (Å²) in [5, 5.41) is 5.18. The Morgan fingerprint density at radius 3 is 2.57 bits per heavy atom. The molecule has 0 aromatic heterocycles. The zero-order valence-electron chi connectivity index (χ0n) is 15.4. The maximum atomic E-state index is 12.6. The van der Waals surface area contributed by atoms with Crippen LogP contribution in [0.4, 0.5) is 10.5 Å². The van der Waals surface area contributed by atoms with Gasteiger partial charge >= 0.3 is 6.03 Å². The number of sulfone groups is 1. The molecule has 0 atom stereocenters. The van der Waals surface area contributed by atoms with Crippen molar-refractivity contribution >= 4 is 33.4 Å². The third kappa shape index (κ3) is 4.20. The number of carbonyl (C=O) groups is 3. The van der Waals surface area contributed by atoms with E-state index in [0.29, 0.717) is 16.8 Å². The van der Waals surface area contributed by atoms with Crippen molar-refractivity contribution in [2.75, 3.05) is 18.1 Å². The summed E-state index contributed by atoms with van der Waals surface area (Å²) in [6.07, 6.45) is 1.08. The lowest BCUT2D eigenvalue weighted by atomic mass is 10.1. The van der Waals surface area contributed by atoms with Crippen LogP contribution in [0.5, 0.6) is 0 Å². The lowest BCUT2D eigenvalue weighted by molar-refractivity contribution is -0.125. The number of rotatable bonds is 5. The molecule has 0 radical (unpaired) electrons. The summed E-state index contributed by atoms with van der Waals surface area (Å²) in [6, 6.07) is 10.7. The van der Waals surface area contributed by atoms with Gasteiger partial charge in [0.2, 0.25) is 5.91 Å². The molecular formula is C19H19N3O5S. The monoisotopic (exact) mass is 401 g/mol. The zero-order chi connectivity index (χ0) is 20.5. The Bertz CT molecular complexity index is 1060. The van der Waals surface area contributed by atoms with Crippen LogP contribution in [0.3, 0.4) is 0 Å². The minimum Gasteiger partial charge on any atom is -0.329 e. The molecule has 2 N–H and O–H groups in total. The molecule has 3 rings (SSSR count). The molecule has 1 aliphatic heterocycles. The van der Waals surface area contributed by atoms with Gasteiger partial charge in [0.25, 0.3) is 5.91 Å². The average molecular weight is 401 g/mol. The van der Waals surface area contributed by atoms with Crippen LogP contribution < -0.4 is 10.6 Å². The molecule has 1 aliphatic rings. The number of benzene rings is 2. The molecule has 1 heterocycles. The average Bonchev–Trinajstić information content (AvgIpc) is 2.93. The molecule has 0 saturated carbocycles. The molecule has 0 unspecified atom stereocenters. The molecular weight excluding hydrogens is 382 g/mol. The van der Waals surface area contributed by atoms with Crippen LogP contribution in [0.25, 0.3) is 0 Å². The largest absolute Gasteiger partial charge is 0.329 e. The standard InChI is InChI=1S/C19H19N3O5S/c1-12-6-7-15(28(2,26)27)9-16(12)18(24)21-14-5-3-4-13(8-14)11-22-17(23)10-20-19(22)25/h3-9H,10-11H2,1-2H3,(H,20,25)(H,21,24). The van der Waals surface area contributed by atoms with E-state index in [9.17, 15) is 22.8 Å². The fourth-order valence-corrected chi connectivity index (χ4v) is 3.47. The Morgan fingerprint density at radius 2 is 1.93 bits per heavy atom. The highest BCUT2D eigenvalue weighted by atomic mass is 32.2. The summed E-state index contributed by atoms with van der Waals surface area (Å²) in [4.78, 5) is 37.2. The van der Waals surface area contributed by atoms with Crippen molar-refractivity contribution in [1.82, 2.24) is 10.2 Å². The first kappa shape index (κ1) is 19.6. The molecule has 9 heteroatoms. The van der Waals surface area contributed by atoms with Gasteiger partial charge in [-0.05, 0) is 42.3 Å². The number of imide groups is 1. The van der Waals surface area contributed by atoms with Crippen LogP contribution in [-0.4, -0.2) is 44.0 Å². The molecule has 2 aromatic rings. The first-order valence-electron chi connectivity index (χ1n) is 8.44. The first-order chi connectivity index (χ1) is 13.1. The fourth-order valence-electron chi connectivity index (χ4n) is 2.82. The van der Waals surface area contributed by atoms with Gasteiger partial charge in [0.15, 0.2) is 9.84 Å². The summed E-state index contributed by atoms with van der Waals surface area (Å²) in [7, 11) is -3.43. The lowest BCUT2D eigenvalue weighted by Gasteiger charge is -2.14. The number of nitrogens with zero attached hydrogens (tertiary/aromatic N) is 1. The summed E-state index contributed by atoms with van der Waals surface area (Å²) in [6.45, 7) is 1.79. The number of hydrogen-bond acceptors (Lipinski definition) is 5. The van der Waals surface area contributed by atoms with E-state index < -0.39 is 21.8 Å². The normalized spacial score (nSPS) is 14.1. The molecule has 146 valence electrons. The Kier molecular flexibility index (Phi) is 5.19. The predicted octanol–water partition coefficient (Wildman–Crippen LogP) is 1.70. The van der Waals surface area contributed by atoms with E-state index in [1.165, 1.54) is 12.1 Å². The molecule has 0 spiro atoms. The highest BCUT2D eigenvalue weighted by molar-refractivity contribution is 7.90. The predicted molar refractivity (Wildman–Crippen MR) is 103 cm³/mol. The molecule has 0 aliphatic carbocycles. The van der Waals surface area contributed by atoms with Gasteiger partial charge in [-0.15, -0.1) is 0 Å². The van der Waals surface area contributed by atoms with Crippen molar-refractivity contribution in [1.29, 1.82) is 0 Å². The second kappa shape index (κ2) is 7.43. The smallest absolute Gasteiger partial charge is 0.324 e. The third-order valence-electron chi connectivity index (χ3n) is 4.34. The van der Waals surface area contributed by atoms with Crippen LogP contribution >= 0.6 is 0 Å². The number of amides is 4. The molecule has 28 heavy (non-hydrogen) atoms. The van der Waals surface area contributed by atoms with Gasteiger partial charge in [-0.2, -0.15) is 0 Å². The van der Waals surface area contributed by atoms with Crippen molar-refractivity contribution in [2.24, 2.45) is 0 Å². The number of nitrogens with one attached hydrogen (secondary N) is 2. The Morgan fingerprint density at radius 1 is 1.18 bits per heavy atom. The van der Waals surface area contributed by atoms with Crippen LogP contribution in [0.2, 0.25) is 0 Å². The topological polar surface area (TPSA) is 113 Å². The molecule has 8 nitrogen and oxygen atoms in total. The number of anilines is 1. The Labute approximate surface area is 162 Å². The Hall–Kier alpha value is -3.20. The van der Waals surface area contributed by atoms with Crippen molar-refractivity contribution in [3.05, 3.63) is 59.2 Å². The molecule has 0 bridgehead atoms. The zero-order valence-corrected chi connectivity index (χ0v) is 16.2. The van der Waals surface area contributed by atoms with Crippen molar-refractivity contribution in [3.63, 3.8) is 0 Å². The van der Waals surface area contributed by atoms with Crippen LogP contribution in [-0.2, 0) is 21.2 Å². The van der Waals surface area contributed by atoms with Crippen LogP contribution in [0.1, 0.15) is 21.5 Å². The maximum absolute atomic E-state index is 12.6. The van der Waals surface area contributed by atoms with Gasteiger partial charge in [-0.3, -0.25) is 14.5 Å². The molecule has 1 saturated heterocycles. The van der Waals surface area contributed by atoms with Crippen molar-refractivity contribution in [3.8, 4) is 0 Å². The maximum Gasteiger partial charge on any atom is 0.324 e. The summed E-state index contributed by atoms with van der Waals surface area (Å²) in [5.74, 6) is -0.761. The lowest BCUT2D eigenvalue weighted by Crippen LogP contribution is -2.30. The van der Waals surface area contributed by atoms with E-state index >= 15 is 0 Å². The van der Waals surface area contributed by atoms with Gasteiger partial charge in [0, 0.05) is 17.5 Å². The second-order valence-electron chi connectivity index (χ2n) is 6.54. The van der Waals surface area contributed by atoms with Gasteiger partial charge in [0.1, 0.15) is 0 Å². The third-order valence-corrected chi connectivity index (χ3v) is 5.45. The van der Waals surface area contributed by atoms with E-state index in [2.05, 4.69) is 10.6 Å². The van der Waals surface area contributed by atoms with Crippen molar-refractivity contribution < 1.29 is 22.8 Å². The minimum absolute atomic E-state index is 0.0226. The van der Waals surface area contributed by atoms with Crippen LogP contribution in [0, 0.1) is 6.92 Å². The number of aryl methyl sites for hydroxylation is 1. The second-order valence-corrected chi connectivity index (χ2v) is 8.56. The molecule has 1 fully saturated rings. The van der Waals surface area contributed by atoms with E-state index in [4.69, 9.17) is 0 Å². The fraction of sp³-hybridized carbons (Fsp3) is 0.211. The quantitative estimate of drug-likeness (QED) is 0.741. The van der Waals surface area contributed by atoms with E-state index in [0.717, 1.165) is 11.2 Å². The number of urea groups is 1. The number of carbonyl (C=O) groups excluding carboxylic acids is 3. The van der Waals surface area contributed by atoms with Gasteiger partial charge in [0.05, 0.1) is 18.0 Å². The molecule has 4 amide bonds. The Balaban J connectivity index is 1.80.